The van der Waals surface area contributed by atoms with Crippen molar-refractivity contribution in [2.75, 3.05) is 0 Å². The summed E-state index contributed by atoms with van der Waals surface area (Å²) in [6.45, 7) is 1.87. The molecule has 2 nitrogen and oxygen atoms in total. The van der Waals surface area contributed by atoms with Crippen molar-refractivity contribution in [3.63, 3.8) is 0 Å². The Morgan fingerprint density at radius 2 is 2.19 bits per heavy atom. The molecule has 0 saturated heterocycles. The summed E-state index contributed by atoms with van der Waals surface area (Å²) in [5, 5.41) is 0. The molecule has 84 valence electrons. The summed E-state index contributed by atoms with van der Waals surface area (Å²) in [6.07, 6.45) is 4.00. The van der Waals surface area contributed by atoms with Crippen LogP contribution in [0.2, 0.25) is 0 Å². The monoisotopic (exact) mass is 219 g/mol. The van der Waals surface area contributed by atoms with E-state index in [0.717, 1.165) is 16.7 Å². The van der Waals surface area contributed by atoms with Gasteiger partial charge in [0.15, 0.2) is 0 Å². The Labute approximate surface area is 93.9 Å². The normalized spacial score (nSPS) is 12.7. The lowest BCUT2D eigenvalue weighted by atomic mass is 9.97. The van der Waals surface area contributed by atoms with E-state index in [4.69, 9.17) is 10.2 Å². The van der Waals surface area contributed by atoms with E-state index >= 15 is 0 Å². The topological polar surface area (TPSA) is 39.2 Å². The standard InChI is InChI=1S/C13H14FNO/c1-9-6-11(14)2-3-12(9)13(15)7-10-4-5-16-8-10/h2-6,8,13H,7,15H2,1H3. The minimum atomic E-state index is -0.225. The van der Waals surface area contributed by atoms with Crippen LogP contribution in [0.5, 0.6) is 0 Å². The molecule has 2 N–H and O–H groups in total. The Balaban J connectivity index is 2.17. The SMILES string of the molecule is Cc1cc(F)ccc1C(N)Cc1ccoc1. The van der Waals surface area contributed by atoms with Gasteiger partial charge in [-0.3, -0.25) is 0 Å². The van der Waals surface area contributed by atoms with E-state index in [-0.39, 0.29) is 11.9 Å². The number of nitrogens with two attached hydrogens (primary N) is 1. The van der Waals surface area contributed by atoms with Crippen molar-refractivity contribution in [3.05, 3.63) is 59.3 Å². The molecular formula is C13H14FNO. The minimum Gasteiger partial charge on any atom is -0.472 e. The smallest absolute Gasteiger partial charge is 0.123 e. The molecule has 0 radical (unpaired) electrons. The summed E-state index contributed by atoms with van der Waals surface area (Å²) in [4.78, 5) is 0. The second-order valence-corrected chi connectivity index (χ2v) is 3.94. The van der Waals surface area contributed by atoms with Crippen molar-refractivity contribution >= 4 is 0 Å². The maximum atomic E-state index is 12.9. The summed E-state index contributed by atoms with van der Waals surface area (Å²) in [6, 6.07) is 6.45. The fourth-order valence-electron chi connectivity index (χ4n) is 1.83. The molecule has 1 aromatic carbocycles. The number of furan rings is 1. The third-order valence-corrected chi connectivity index (χ3v) is 2.67. The molecule has 16 heavy (non-hydrogen) atoms. The third kappa shape index (κ3) is 2.31. The molecule has 3 heteroatoms. The Morgan fingerprint density at radius 1 is 1.38 bits per heavy atom. The van der Waals surface area contributed by atoms with Crippen molar-refractivity contribution in [3.8, 4) is 0 Å². The maximum absolute atomic E-state index is 12.9. The van der Waals surface area contributed by atoms with Gasteiger partial charge in [0.2, 0.25) is 0 Å². The van der Waals surface area contributed by atoms with Gasteiger partial charge in [-0.25, -0.2) is 4.39 Å². The van der Waals surface area contributed by atoms with Crippen LogP contribution in [0.1, 0.15) is 22.7 Å². The first-order chi connectivity index (χ1) is 7.66. The van der Waals surface area contributed by atoms with Crippen LogP contribution in [0.4, 0.5) is 4.39 Å². The Hall–Kier alpha value is -1.61. The van der Waals surface area contributed by atoms with Crippen molar-refractivity contribution < 1.29 is 8.81 Å². The first-order valence-electron chi connectivity index (χ1n) is 5.19. The molecule has 2 rings (SSSR count). The van der Waals surface area contributed by atoms with Gasteiger partial charge < -0.3 is 10.2 Å². The van der Waals surface area contributed by atoms with Gasteiger partial charge in [0, 0.05) is 6.04 Å². The van der Waals surface area contributed by atoms with Crippen LogP contribution in [-0.2, 0) is 6.42 Å². The number of hydrogen-bond acceptors (Lipinski definition) is 2. The van der Waals surface area contributed by atoms with E-state index in [1.54, 1.807) is 18.6 Å². The van der Waals surface area contributed by atoms with Gasteiger partial charge in [0.1, 0.15) is 5.82 Å². The van der Waals surface area contributed by atoms with Gasteiger partial charge in [0.05, 0.1) is 12.5 Å². The fraction of sp³-hybridized carbons (Fsp3) is 0.231. The molecule has 0 spiro atoms. The zero-order chi connectivity index (χ0) is 11.5. The molecule has 2 aromatic rings. The highest BCUT2D eigenvalue weighted by Crippen LogP contribution is 2.20. The highest BCUT2D eigenvalue weighted by molar-refractivity contribution is 5.30. The lowest BCUT2D eigenvalue weighted by Crippen LogP contribution is -2.14. The van der Waals surface area contributed by atoms with Crippen molar-refractivity contribution in [1.29, 1.82) is 0 Å². The van der Waals surface area contributed by atoms with Gasteiger partial charge in [-0.2, -0.15) is 0 Å². The Morgan fingerprint density at radius 3 is 2.81 bits per heavy atom. The molecule has 1 heterocycles. The molecule has 1 atom stereocenters. The van der Waals surface area contributed by atoms with Crippen LogP contribution in [-0.4, -0.2) is 0 Å². The molecule has 0 aliphatic rings. The predicted octanol–water partition coefficient (Wildman–Crippen LogP) is 2.97. The van der Waals surface area contributed by atoms with Gasteiger partial charge in [-0.15, -0.1) is 0 Å². The average Bonchev–Trinajstić information content (AvgIpc) is 2.70. The zero-order valence-corrected chi connectivity index (χ0v) is 9.11. The Bertz CT molecular complexity index is 465. The van der Waals surface area contributed by atoms with Crippen LogP contribution < -0.4 is 5.73 Å². The molecule has 1 aromatic heterocycles. The van der Waals surface area contributed by atoms with Gasteiger partial charge in [0.25, 0.3) is 0 Å². The van der Waals surface area contributed by atoms with E-state index in [0.29, 0.717) is 6.42 Å². The number of rotatable bonds is 3. The first kappa shape index (κ1) is 10.9. The number of aryl methyl sites for hydroxylation is 1. The van der Waals surface area contributed by atoms with E-state index in [1.807, 2.05) is 13.0 Å². The Kier molecular flexibility index (Phi) is 3.06. The second kappa shape index (κ2) is 4.49. The van der Waals surface area contributed by atoms with Gasteiger partial charge in [-0.05, 0) is 48.2 Å². The van der Waals surface area contributed by atoms with E-state index in [1.165, 1.54) is 12.1 Å². The van der Waals surface area contributed by atoms with E-state index in [9.17, 15) is 4.39 Å². The summed E-state index contributed by atoms with van der Waals surface area (Å²) in [7, 11) is 0. The average molecular weight is 219 g/mol. The lowest BCUT2D eigenvalue weighted by Gasteiger charge is -2.13. The molecule has 0 aliphatic heterocycles. The van der Waals surface area contributed by atoms with Gasteiger partial charge >= 0.3 is 0 Å². The number of hydrogen-bond donors (Lipinski definition) is 1. The molecule has 1 unspecified atom stereocenters. The lowest BCUT2D eigenvalue weighted by molar-refractivity contribution is 0.561. The molecule has 0 bridgehead atoms. The van der Waals surface area contributed by atoms with Crippen LogP contribution in [0.15, 0.2) is 41.2 Å². The third-order valence-electron chi connectivity index (χ3n) is 2.67. The minimum absolute atomic E-state index is 0.127. The maximum Gasteiger partial charge on any atom is 0.123 e. The van der Waals surface area contributed by atoms with E-state index < -0.39 is 0 Å². The molecule has 0 fully saturated rings. The van der Waals surface area contributed by atoms with Crippen LogP contribution in [0.25, 0.3) is 0 Å². The fourth-order valence-corrected chi connectivity index (χ4v) is 1.83. The quantitative estimate of drug-likeness (QED) is 0.861. The first-order valence-corrected chi connectivity index (χ1v) is 5.19. The molecule has 0 amide bonds. The van der Waals surface area contributed by atoms with Crippen LogP contribution in [0.3, 0.4) is 0 Å². The zero-order valence-electron chi connectivity index (χ0n) is 9.11. The predicted molar refractivity (Wildman–Crippen MR) is 60.5 cm³/mol. The van der Waals surface area contributed by atoms with Gasteiger partial charge in [-0.1, -0.05) is 6.07 Å². The largest absolute Gasteiger partial charge is 0.472 e. The summed E-state index contributed by atoms with van der Waals surface area (Å²) < 4.78 is 17.9. The van der Waals surface area contributed by atoms with Crippen molar-refractivity contribution in [1.82, 2.24) is 0 Å². The molecule has 0 saturated carbocycles. The number of benzene rings is 1. The highest BCUT2D eigenvalue weighted by Gasteiger charge is 2.10. The number of halogens is 1. The molecular weight excluding hydrogens is 205 g/mol. The highest BCUT2D eigenvalue weighted by atomic mass is 19.1. The van der Waals surface area contributed by atoms with Crippen molar-refractivity contribution in [2.45, 2.75) is 19.4 Å². The van der Waals surface area contributed by atoms with E-state index in [2.05, 4.69) is 0 Å². The summed E-state index contributed by atoms with van der Waals surface area (Å²) in [5.74, 6) is -0.225. The second-order valence-electron chi connectivity index (χ2n) is 3.94. The van der Waals surface area contributed by atoms with Crippen molar-refractivity contribution in [2.24, 2.45) is 5.73 Å². The van der Waals surface area contributed by atoms with Crippen LogP contribution in [0, 0.1) is 12.7 Å². The molecule has 0 aliphatic carbocycles. The van der Waals surface area contributed by atoms with Crippen LogP contribution >= 0.6 is 0 Å². The summed E-state index contributed by atoms with van der Waals surface area (Å²) >= 11 is 0. The summed E-state index contributed by atoms with van der Waals surface area (Å²) in [5.41, 5.74) is 8.98.